The minimum atomic E-state index is -0.536. The molecule has 2 aromatic heterocycles. The van der Waals surface area contributed by atoms with Crippen molar-refractivity contribution < 1.29 is 4.39 Å². The van der Waals surface area contributed by atoms with Crippen LogP contribution >= 0.6 is 0 Å². The van der Waals surface area contributed by atoms with Crippen molar-refractivity contribution in [2.75, 3.05) is 18.0 Å². The molecule has 0 spiro atoms. The van der Waals surface area contributed by atoms with Crippen LogP contribution in [0.15, 0.2) is 58.1 Å². The molecule has 0 atom stereocenters. The van der Waals surface area contributed by atoms with Gasteiger partial charge in [-0.1, -0.05) is 30.3 Å². The van der Waals surface area contributed by atoms with Crippen LogP contribution in [-0.2, 0) is 20.0 Å². The SMILES string of the molecule is Cn1c(=O)[nH]c(=O)c2c1nc(N1CCC(Cc3ccc(C#N)cc3)CC1)n2Cc1ccccc1F. The molecule has 0 saturated carbocycles. The Balaban J connectivity index is 1.45. The van der Waals surface area contributed by atoms with E-state index in [4.69, 9.17) is 10.2 Å². The number of hydrogen-bond acceptors (Lipinski definition) is 5. The van der Waals surface area contributed by atoms with E-state index in [0.29, 0.717) is 23.0 Å². The molecule has 0 amide bonds. The van der Waals surface area contributed by atoms with Crippen LogP contribution in [0.1, 0.15) is 29.5 Å². The summed E-state index contributed by atoms with van der Waals surface area (Å²) in [5.41, 5.74) is 1.77. The summed E-state index contributed by atoms with van der Waals surface area (Å²) >= 11 is 0. The minimum Gasteiger partial charge on any atom is -0.342 e. The highest BCUT2D eigenvalue weighted by Crippen LogP contribution is 2.28. The number of halogens is 1. The third kappa shape index (κ3) is 4.35. The first-order valence-electron chi connectivity index (χ1n) is 11.6. The Bertz CT molecular complexity index is 1540. The number of anilines is 1. The van der Waals surface area contributed by atoms with Gasteiger partial charge in [0.05, 0.1) is 18.2 Å². The number of aromatic nitrogens is 4. The van der Waals surface area contributed by atoms with E-state index in [0.717, 1.165) is 32.4 Å². The molecule has 2 aromatic carbocycles. The second-order valence-electron chi connectivity index (χ2n) is 9.02. The molecule has 178 valence electrons. The molecule has 9 heteroatoms. The molecule has 1 aliphatic heterocycles. The molecule has 0 bridgehead atoms. The number of rotatable bonds is 5. The number of nitriles is 1. The maximum absolute atomic E-state index is 14.5. The van der Waals surface area contributed by atoms with Gasteiger partial charge in [0.15, 0.2) is 11.2 Å². The number of piperidine rings is 1. The zero-order chi connectivity index (χ0) is 24.5. The molecule has 8 nitrogen and oxygen atoms in total. The summed E-state index contributed by atoms with van der Waals surface area (Å²) in [6, 6.07) is 16.3. The molecule has 3 heterocycles. The first-order chi connectivity index (χ1) is 16.9. The zero-order valence-electron chi connectivity index (χ0n) is 19.4. The third-order valence-electron chi connectivity index (χ3n) is 6.78. The maximum atomic E-state index is 14.5. The Morgan fingerprint density at radius 1 is 1.11 bits per heavy atom. The van der Waals surface area contributed by atoms with Crippen molar-refractivity contribution in [3.05, 3.63) is 91.9 Å². The largest absolute Gasteiger partial charge is 0.342 e. The minimum absolute atomic E-state index is 0.130. The van der Waals surface area contributed by atoms with Crippen LogP contribution in [0.2, 0.25) is 0 Å². The Kier molecular flexibility index (Phi) is 5.95. The third-order valence-corrected chi connectivity index (χ3v) is 6.78. The molecular formula is C26H25FN6O2. The quantitative estimate of drug-likeness (QED) is 0.482. The summed E-state index contributed by atoms with van der Waals surface area (Å²) in [5.74, 6) is 0.686. The van der Waals surface area contributed by atoms with Crippen LogP contribution in [0.4, 0.5) is 10.3 Å². The van der Waals surface area contributed by atoms with Crippen LogP contribution < -0.4 is 16.1 Å². The summed E-state index contributed by atoms with van der Waals surface area (Å²) in [7, 11) is 1.56. The van der Waals surface area contributed by atoms with Gasteiger partial charge in [0.2, 0.25) is 5.95 Å². The first kappa shape index (κ1) is 22.6. The van der Waals surface area contributed by atoms with Crippen molar-refractivity contribution in [2.45, 2.75) is 25.8 Å². The standard InChI is InChI=1S/C26H25FN6O2/c1-31-23-22(24(34)30-26(31)35)33(16-20-4-2-3-5-21(20)27)25(29-23)32-12-10-18(11-13-32)14-17-6-8-19(15-28)9-7-17/h2-9,18H,10-14,16H2,1H3,(H,30,34,35). The molecule has 1 fully saturated rings. The topological polar surface area (TPSA) is 99.7 Å². The number of H-pyrrole nitrogens is 1. The molecule has 1 N–H and O–H groups in total. The fourth-order valence-electron chi connectivity index (χ4n) is 4.80. The van der Waals surface area contributed by atoms with Crippen molar-refractivity contribution in [1.82, 2.24) is 19.1 Å². The molecule has 0 radical (unpaired) electrons. The van der Waals surface area contributed by atoms with Gasteiger partial charge < -0.3 is 4.90 Å². The molecule has 1 saturated heterocycles. The molecular weight excluding hydrogens is 447 g/mol. The van der Waals surface area contributed by atoms with E-state index >= 15 is 0 Å². The van der Waals surface area contributed by atoms with Gasteiger partial charge >= 0.3 is 5.69 Å². The monoisotopic (exact) mass is 472 g/mol. The van der Waals surface area contributed by atoms with E-state index in [1.807, 2.05) is 24.3 Å². The van der Waals surface area contributed by atoms with Crippen LogP contribution in [0, 0.1) is 23.1 Å². The van der Waals surface area contributed by atoms with Gasteiger partial charge in [-0.25, -0.2) is 9.18 Å². The van der Waals surface area contributed by atoms with E-state index in [1.54, 1.807) is 29.8 Å². The Morgan fingerprint density at radius 3 is 2.51 bits per heavy atom. The average molecular weight is 473 g/mol. The fraction of sp³-hybridized carbons (Fsp3) is 0.308. The number of nitrogens with one attached hydrogen (secondary N) is 1. The summed E-state index contributed by atoms with van der Waals surface area (Å²) in [4.78, 5) is 34.1. The number of benzene rings is 2. The number of nitrogens with zero attached hydrogens (tertiary/aromatic N) is 5. The Hall–Kier alpha value is -4.19. The lowest BCUT2D eigenvalue weighted by Crippen LogP contribution is -2.36. The summed E-state index contributed by atoms with van der Waals surface area (Å²) < 4.78 is 17.5. The molecule has 1 aliphatic rings. The van der Waals surface area contributed by atoms with Crippen molar-refractivity contribution in [1.29, 1.82) is 5.26 Å². The van der Waals surface area contributed by atoms with Crippen LogP contribution in [0.3, 0.4) is 0 Å². The van der Waals surface area contributed by atoms with Gasteiger partial charge in [-0.15, -0.1) is 0 Å². The molecule has 5 rings (SSSR count). The molecule has 35 heavy (non-hydrogen) atoms. The number of aryl methyl sites for hydroxylation is 1. The zero-order valence-corrected chi connectivity index (χ0v) is 19.4. The van der Waals surface area contributed by atoms with E-state index in [1.165, 1.54) is 16.2 Å². The average Bonchev–Trinajstić information content (AvgIpc) is 3.25. The van der Waals surface area contributed by atoms with Gasteiger partial charge in [-0.2, -0.15) is 10.2 Å². The number of fused-ring (bicyclic) bond motifs is 1. The van der Waals surface area contributed by atoms with E-state index in [-0.39, 0.29) is 23.5 Å². The van der Waals surface area contributed by atoms with Gasteiger partial charge in [0, 0.05) is 25.7 Å². The van der Waals surface area contributed by atoms with E-state index in [2.05, 4.69) is 16.0 Å². The highest BCUT2D eigenvalue weighted by Gasteiger charge is 2.26. The van der Waals surface area contributed by atoms with Crippen molar-refractivity contribution >= 4 is 17.1 Å². The number of imidazole rings is 1. The second kappa shape index (κ2) is 9.22. The van der Waals surface area contributed by atoms with E-state index < -0.39 is 11.2 Å². The first-order valence-corrected chi connectivity index (χ1v) is 11.6. The molecule has 0 unspecified atom stereocenters. The van der Waals surface area contributed by atoms with Crippen molar-refractivity contribution in [3.8, 4) is 6.07 Å². The Morgan fingerprint density at radius 2 is 1.83 bits per heavy atom. The lowest BCUT2D eigenvalue weighted by Gasteiger charge is -2.33. The lowest BCUT2D eigenvalue weighted by molar-refractivity contribution is 0.398. The fourth-order valence-corrected chi connectivity index (χ4v) is 4.80. The van der Waals surface area contributed by atoms with Gasteiger partial charge in [-0.05, 0) is 48.9 Å². The van der Waals surface area contributed by atoms with Gasteiger partial charge in [0.1, 0.15) is 5.82 Å². The van der Waals surface area contributed by atoms with Crippen LogP contribution in [0.25, 0.3) is 11.2 Å². The van der Waals surface area contributed by atoms with Gasteiger partial charge in [0.25, 0.3) is 5.56 Å². The maximum Gasteiger partial charge on any atom is 0.329 e. The summed E-state index contributed by atoms with van der Waals surface area (Å²) in [6.07, 6.45) is 2.79. The molecule has 4 aromatic rings. The lowest BCUT2D eigenvalue weighted by atomic mass is 9.90. The highest BCUT2D eigenvalue weighted by molar-refractivity contribution is 5.74. The number of aromatic amines is 1. The Labute approximate surface area is 200 Å². The molecule has 0 aliphatic carbocycles. The number of hydrogen-bond donors (Lipinski definition) is 1. The highest BCUT2D eigenvalue weighted by atomic mass is 19.1. The van der Waals surface area contributed by atoms with Crippen LogP contribution in [-0.4, -0.2) is 32.2 Å². The predicted molar refractivity (Wildman–Crippen MR) is 131 cm³/mol. The van der Waals surface area contributed by atoms with E-state index in [9.17, 15) is 14.0 Å². The smallest absolute Gasteiger partial charge is 0.329 e. The normalized spacial score (nSPS) is 14.4. The summed E-state index contributed by atoms with van der Waals surface area (Å²) in [6.45, 7) is 1.59. The predicted octanol–water partition coefficient (Wildman–Crippen LogP) is 2.94. The van der Waals surface area contributed by atoms with Crippen LogP contribution in [0.5, 0.6) is 0 Å². The summed E-state index contributed by atoms with van der Waals surface area (Å²) in [5, 5.41) is 9.00. The second-order valence-corrected chi connectivity index (χ2v) is 9.02. The van der Waals surface area contributed by atoms with Gasteiger partial charge in [-0.3, -0.25) is 18.9 Å². The van der Waals surface area contributed by atoms with Crippen molar-refractivity contribution in [2.24, 2.45) is 13.0 Å². The van der Waals surface area contributed by atoms with Crippen molar-refractivity contribution in [3.63, 3.8) is 0 Å².